The molecule has 0 aliphatic carbocycles. The van der Waals surface area contributed by atoms with Crippen molar-refractivity contribution in [1.82, 2.24) is 9.80 Å². The van der Waals surface area contributed by atoms with Crippen molar-refractivity contribution in [2.24, 2.45) is 5.92 Å². The number of piperidine rings is 1. The van der Waals surface area contributed by atoms with Crippen LogP contribution in [-0.4, -0.2) is 54.0 Å². The number of hydrogen-bond donors (Lipinski definition) is 0. The molecule has 1 atom stereocenters. The van der Waals surface area contributed by atoms with E-state index in [4.69, 9.17) is 4.42 Å². The van der Waals surface area contributed by atoms with Crippen LogP contribution in [0, 0.1) is 18.7 Å². The molecule has 35 heavy (non-hydrogen) atoms. The Hall–Kier alpha value is -3.06. The van der Waals surface area contributed by atoms with Crippen LogP contribution in [0.1, 0.15) is 44.9 Å². The molecule has 2 heterocycles. The van der Waals surface area contributed by atoms with Crippen LogP contribution in [0.15, 0.2) is 70.2 Å². The van der Waals surface area contributed by atoms with Crippen LogP contribution in [-0.2, 0) is 6.42 Å². The first-order valence-electron chi connectivity index (χ1n) is 11.9. The van der Waals surface area contributed by atoms with Gasteiger partial charge in [0.15, 0.2) is 0 Å². The van der Waals surface area contributed by atoms with Crippen molar-refractivity contribution in [3.05, 3.63) is 89.1 Å². The van der Waals surface area contributed by atoms with Gasteiger partial charge in [0.1, 0.15) is 11.6 Å². The minimum absolute atomic E-state index is 0.0280. The van der Waals surface area contributed by atoms with Gasteiger partial charge in [0, 0.05) is 36.6 Å². The maximum atomic E-state index is 14.6. The van der Waals surface area contributed by atoms with Gasteiger partial charge in [-0.1, -0.05) is 18.2 Å². The zero-order valence-corrected chi connectivity index (χ0v) is 21.2. The Morgan fingerprint density at radius 2 is 1.80 bits per heavy atom. The van der Waals surface area contributed by atoms with E-state index in [-0.39, 0.29) is 29.6 Å². The zero-order chi connectivity index (χ0) is 24.9. The Kier molecular flexibility index (Phi) is 7.96. The highest BCUT2D eigenvalue weighted by Crippen LogP contribution is 2.29. The van der Waals surface area contributed by atoms with E-state index >= 15 is 0 Å². The summed E-state index contributed by atoms with van der Waals surface area (Å²) in [6.45, 7) is 2.98. The normalized spacial score (nSPS) is 15.1. The third-order valence-electron chi connectivity index (χ3n) is 7.00. The molecule has 1 fully saturated rings. The summed E-state index contributed by atoms with van der Waals surface area (Å²) in [4.78, 5) is 31.1. The Balaban J connectivity index is 1.50. The smallest absolute Gasteiger partial charge is 0.257 e. The lowest BCUT2D eigenvalue weighted by atomic mass is 9.84. The topological polar surface area (TPSA) is 53.8 Å². The molecule has 1 aromatic heterocycles. The minimum Gasteiger partial charge on any atom is -0.469 e. The number of amides is 2. The van der Waals surface area contributed by atoms with Gasteiger partial charge in [0.05, 0.1) is 11.8 Å². The fourth-order valence-electron chi connectivity index (χ4n) is 4.86. The van der Waals surface area contributed by atoms with Gasteiger partial charge in [0.2, 0.25) is 0 Å². The molecule has 1 aliphatic rings. The number of halogens is 1. The summed E-state index contributed by atoms with van der Waals surface area (Å²) in [5, 5.41) is 0. The van der Waals surface area contributed by atoms with Crippen LogP contribution in [0.3, 0.4) is 0 Å². The second-order valence-electron chi connectivity index (χ2n) is 9.03. The highest BCUT2D eigenvalue weighted by molar-refractivity contribution is 7.98. The standard InChI is InChI=1S/C28H31FN2O3S/c1-19-24(14-17-34-19)28(33)30(2)26(18-22-6-4-5-7-25(22)29)20-12-15-31(16-13-20)27(32)21-8-10-23(35-3)11-9-21/h4-11,14,17,20,26H,12-13,15-16,18H2,1-3H3. The molecule has 0 bridgehead atoms. The zero-order valence-electron chi connectivity index (χ0n) is 20.4. The Morgan fingerprint density at radius 3 is 2.40 bits per heavy atom. The first-order chi connectivity index (χ1) is 16.9. The molecule has 1 unspecified atom stereocenters. The number of aryl methyl sites for hydroxylation is 1. The summed E-state index contributed by atoms with van der Waals surface area (Å²) >= 11 is 1.64. The van der Waals surface area contributed by atoms with Crippen molar-refractivity contribution in [2.75, 3.05) is 26.4 Å². The van der Waals surface area contributed by atoms with E-state index in [1.165, 1.54) is 12.3 Å². The maximum Gasteiger partial charge on any atom is 0.257 e. The Bertz CT molecular complexity index is 1170. The largest absolute Gasteiger partial charge is 0.469 e. The third kappa shape index (κ3) is 5.61. The van der Waals surface area contributed by atoms with Gasteiger partial charge in [-0.3, -0.25) is 9.59 Å². The summed E-state index contributed by atoms with van der Waals surface area (Å²) in [7, 11) is 1.78. The molecule has 4 rings (SSSR count). The molecule has 0 N–H and O–H groups in total. The summed E-state index contributed by atoms with van der Waals surface area (Å²) in [5.41, 5.74) is 1.80. The number of rotatable bonds is 7. The van der Waals surface area contributed by atoms with Gasteiger partial charge in [-0.05, 0) is 80.3 Å². The molecule has 7 heteroatoms. The quantitative estimate of drug-likeness (QED) is 0.396. The molecule has 1 saturated heterocycles. The van der Waals surface area contributed by atoms with Gasteiger partial charge in [0.25, 0.3) is 11.8 Å². The molecule has 5 nitrogen and oxygen atoms in total. The molecule has 1 aliphatic heterocycles. The molecular formula is C28H31FN2O3S. The minimum atomic E-state index is -0.265. The van der Waals surface area contributed by atoms with Crippen molar-refractivity contribution in [3.8, 4) is 0 Å². The van der Waals surface area contributed by atoms with Crippen LogP contribution in [0.2, 0.25) is 0 Å². The third-order valence-corrected chi connectivity index (χ3v) is 7.75. The predicted molar refractivity (Wildman–Crippen MR) is 136 cm³/mol. The maximum absolute atomic E-state index is 14.6. The number of likely N-dealkylation sites (tertiary alicyclic amines) is 1. The van der Waals surface area contributed by atoms with E-state index in [0.29, 0.717) is 42.0 Å². The molecular weight excluding hydrogens is 463 g/mol. The molecule has 2 aromatic carbocycles. The number of nitrogens with zero attached hydrogens (tertiary/aromatic N) is 2. The van der Waals surface area contributed by atoms with Crippen molar-refractivity contribution in [2.45, 2.75) is 37.1 Å². The lowest BCUT2D eigenvalue weighted by molar-refractivity contribution is 0.0520. The van der Waals surface area contributed by atoms with E-state index in [2.05, 4.69) is 0 Å². The van der Waals surface area contributed by atoms with Crippen LogP contribution in [0.4, 0.5) is 4.39 Å². The molecule has 0 spiro atoms. The van der Waals surface area contributed by atoms with Gasteiger partial charge < -0.3 is 14.2 Å². The van der Waals surface area contributed by atoms with Gasteiger partial charge in [-0.15, -0.1) is 11.8 Å². The van der Waals surface area contributed by atoms with Crippen molar-refractivity contribution in [3.63, 3.8) is 0 Å². The molecule has 184 valence electrons. The SMILES string of the molecule is CSc1ccc(C(=O)N2CCC(C(Cc3ccccc3F)N(C)C(=O)c3ccoc3C)CC2)cc1. The van der Waals surface area contributed by atoms with Gasteiger partial charge in [-0.2, -0.15) is 0 Å². The fraction of sp³-hybridized carbons (Fsp3) is 0.357. The monoisotopic (exact) mass is 494 g/mol. The predicted octanol–water partition coefficient (Wildman–Crippen LogP) is 5.68. The first-order valence-corrected chi connectivity index (χ1v) is 13.1. The second kappa shape index (κ2) is 11.1. The second-order valence-corrected chi connectivity index (χ2v) is 9.91. The number of carbonyl (C=O) groups is 2. The number of benzene rings is 2. The molecule has 3 aromatic rings. The number of hydrogen-bond acceptors (Lipinski definition) is 4. The van der Waals surface area contributed by atoms with Crippen LogP contribution < -0.4 is 0 Å². The average Bonchev–Trinajstić information content (AvgIpc) is 3.33. The lowest BCUT2D eigenvalue weighted by Gasteiger charge is -2.40. The van der Waals surface area contributed by atoms with E-state index in [0.717, 1.165) is 17.7 Å². The Morgan fingerprint density at radius 1 is 1.11 bits per heavy atom. The fourth-order valence-corrected chi connectivity index (χ4v) is 5.27. The Labute approximate surface area is 210 Å². The number of furan rings is 1. The van der Waals surface area contributed by atoms with E-state index in [1.54, 1.807) is 48.8 Å². The van der Waals surface area contributed by atoms with Crippen LogP contribution in [0.5, 0.6) is 0 Å². The first kappa shape index (κ1) is 25.0. The van der Waals surface area contributed by atoms with Crippen molar-refractivity contribution >= 4 is 23.6 Å². The summed E-state index contributed by atoms with van der Waals surface area (Å²) in [5.74, 6) is 0.336. The van der Waals surface area contributed by atoms with Gasteiger partial charge in [-0.25, -0.2) is 4.39 Å². The van der Waals surface area contributed by atoms with Crippen molar-refractivity contribution < 1.29 is 18.4 Å². The summed E-state index contributed by atoms with van der Waals surface area (Å²) in [6.07, 6.45) is 5.43. The molecule has 2 amide bonds. The molecule has 0 radical (unpaired) electrons. The average molecular weight is 495 g/mol. The highest BCUT2D eigenvalue weighted by Gasteiger charge is 2.34. The van der Waals surface area contributed by atoms with E-state index in [1.807, 2.05) is 41.5 Å². The highest BCUT2D eigenvalue weighted by atomic mass is 32.2. The number of thioether (sulfide) groups is 1. The molecule has 0 saturated carbocycles. The van der Waals surface area contributed by atoms with Crippen molar-refractivity contribution in [1.29, 1.82) is 0 Å². The van der Waals surface area contributed by atoms with Gasteiger partial charge >= 0.3 is 0 Å². The lowest BCUT2D eigenvalue weighted by Crippen LogP contribution is -2.48. The van der Waals surface area contributed by atoms with Crippen LogP contribution >= 0.6 is 11.8 Å². The summed E-state index contributed by atoms with van der Waals surface area (Å²) in [6, 6.07) is 15.9. The van der Waals surface area contributed by atoms with Crippen LogP contribution in [0.25, 0.3) is 0 Å². The summed E-state index contributed by atoms with van der Waals surface area (Å²) < 4.78 is 19.9. The van der Waals surface area contributed by atoms with E-state index in [9.17, 15) is 14.0 Å². The number of carbonyl (C=O) groups excluding carboxylic acids is 2. The number of likely N-dealkylation sites (N-methyl/N-ethyl adjacent to an activating group) is 1. The van der Waals surface area contributed by atoms with E-state index < -0.39 is 0 Å².